The highest BCUT2D eigenvalue weighted by molar-refractivity contribution is 7.09. The number of carbonyl (C=O) groups is 1. The van der Waals surface area contributed by atoms with Crippen molar-refractivity contribution in [2.45, 2.75) is 45.7 Å². The fourth-order valence-corrected chi connectivity index (χ4v) is 3.19. The second kappa shape index (κ2) is 7.22. The molecule has 0 spiro atoms. The Kier molecular flexibility index (Phi) is 6.23. The molecule has 108 valence electrons. The van der Waals surface area contributed by atoms with Gasteiger partial charge in [0, 0.05) is 18.0 Å². The number of aromatic nitrogens is 1. The van der Waals surface area contributed by atoms with Crippen molar-refractivity contribution < 1.29 is 4.79 Å². The van der Waals surface area contributed by atoms with Gasteiger partial charge in [-0.05, 0) is 18.3 Å². The van der Waals surface area contributed by atoms with Crippen molar-refractivity contribution in [1.29, 1.82) is 0 Å². The van der Waals surface area contributed by atoms with E-state index in [1.165, 1.54) is 24.2 Å². The smallest absolute Gasteiger partial charge is 0.270 e. The quantitative estimate of drug-likeness (QED) is 0.902. The molecular weight excluding hydrogens is 282 g/mol. The summed E-state index contributed by atoms with van der Waals surface area (Å²) in [5, 5.41) is 5.71. The van der Waals surface area contributed by atoms with Crippen LogP contribution in [0.1, 0.15) is 48.6 Å². The second-order valence-corrected chi connectivity index (χ2v) is 6.12. The zero-order valence-electron chi connectivity index (χ0n) is 11.4. The van der Waals surface area contributed by atoms with Crippen molar-refractivity contribution in [3.05, 3.63) is 16.1 Å². The molecule has 1 aromatic rings. The highest BCUT2D eigenvalue weighted by atomic mass is 35.5. The lowest BCUT2D eigenvalue weighted by Crippen LogP contribution is -2.43. The van der Waals surface area contributed by atoms with Crippen LogP contribution in [0.5, 0.6) is 0 Å². The van der Waals surface area contributed by atoms with E-state index in [1.54, 1.807) is 5.38 Å². The van der Waals surface area contributed by atoms with Gasteiger partial charge in [-0.15, -0.1) is 23.7 Å². The van der Waals surface area contributed by atoms with Gasteiger partial charge in [0.2, 0.25) is 0 Å². The molecule has 1 aliphatic rings. The Morgan fingerprint density at radius 3 is 2.89 bits per heavy atom. The maximum absolute atomic E-state index is 12.1. The first-order valence-corrected chi connectivity index (χ1v) is 7.45. The summed E-state index contributed by atoms with van der Waals surface area (Å²) >= 11 is 1.44. The molecular formula is C13H22ClN3OS. The summed E-state index contributed by atoms with van der Waals surface area (Å²) in [4.78, 5) is 16.3. The molecule has 3 atom stereocenters. The molecule has 4 nitrogen and oxygen atoms in total. The average molecular weight is 304 g/mol. The normalized spacial score (nSPS) is 26.6. The fraction of sp³-hybridized carbons (Fsp3) is 0.692. The van der Waals surface area contributed by atoms with Gasteiger partial charge >= 0.3 is 0 Å². The van der Waals surface area contributed by atoms with Crippen LogP contribution in [0.2, 0.25) is 0 Å². The van der Waals surface area contributed by atoms with E-state index >= 15 is 0 Å². The number of nitrogens with two attached hydrogens (primary N) is 1. The summed E-state index contributed by atoms with van der Waals surface area (Å²) < 4.78 is 0. The standard InChI is InChI=1S/C13H21N3OS.ClH/c1-8-4-3-5-10(9(8)2)16-13(17)11-7-18-12(6-14)15-11;/h7-10H,3-6,14H2,1-2H3,(H,16,17);1H. The van der Waals surface area contributed by atoms with Crippen molar-refractivity contribution in [1.82, 2.24) is 10.3 Å². The molecule has 0 aromatic carbocycles. The number of thiazole rings is 1. The molecule has 1 aliphatic carbocycles. The van der Waals surface area contributed by atoms with Crippen LogP contribution in [0.4, 0.5) is 0 Å². The third-order valence-electron chi connectivity index (χ3n) is 3.98. The Morgan fingerprint density at radius 2 is 2.26 bits per heavy atom. The van der Waals surface area contributed by atoms with Gasteiger partial charge in [-0.2, -0.15) is 0 Å². The number of amides is 1. The van der Waals surface area contributed by atoms with E-state index in [1.807, 2.05) is 0 Å². The summed E-state index contributed by atoms with van der Waals surface area (Å²) in [6.07, 6.45) is 3.54. The number of carbonyl (C=O) groups excluding carboxylic acids is 1. The van der Waals surface area contributed by atoms with Gasteiger partial charge in [-0.1, -0.05) is 26.7 Å². The molecule has 0 saturated heterocycles. The van der Waals surface area contributed by atoms with Crippen LogP contribution in [0.25, 0.3) is 0 Å². The predicted molar refractivity (Wildman–Crippen MR) is 80.7 cm³/mol. The summed E-state index contributed by atoms with van der Waals surface area (Å²) in [7, 11) is 0. The lowest BCUT2D eigenvalue weighted by atomic mass is 9.78. The maximum Gasteiger partial charge on any atom is 0.270 e. The lowest BCUT2D eigenvalue weighted by Gasteiger charge is -2.34. The van der Waals surface area contributed by atoms with Crippen LogP contribution in [-0.4, -0.2) is 16.9 Å². The summed E-state index contributed by atoms with van der Waals surface area (Å²) in [6, 6.07) is 0.282. The SMILES string of the molecule is CC1CCCC(NC(=O)c2csc(CN)n2)C1C.Cl. The Labute approximate surface area is 124 Å². The van der Waals surface area contributed by atoms with Gasteiger partial charge in [0.15, 0.2) is 0 Å². The monoisotopic (exact) mass is 303 g/mol. The molecule has 1 heterocycles. The van der Waals surface area contributed by atoms with Crippen LogP contribution in [-0.2, 0) is 6.54 Å². The second-order valence-electron chi connectivity index (χ2n) is 5.18. The van der Waals surface area contributed by atoms with Crippen LogP contribution >= 0.6 is 23.7 Å². The minimum atomic E-state index is -0.0584. The van der Waals surface area contributed by atoms with E-state index in [-0.39, 0.29) is 24.4 Å². The predicted octanol–water partition coefficient (Wildman–Crippen LogP) is 2.58. The Bertz CT molecular complexity index is 424. The van der Waals surface area contributed by atoms with Crippen LogP contribution in [0.3, 0.4) is 0 Å². The van der Waals surface area contributed by atoms with Crippen molar-refractivity contribution >= 4 is 29.7 Å². The molecule has 0 aliphatic heterocycles. The van der Waals surface area contributed by atoms with E-state index in [9.17, 15) is 4.79 Å². The highest BCUT2D eigenvalue weighted by Gasteiger charge is 2.28. The third-order valence-corrected chi connectivity index (χ3v) is 4.85. The largest absolute Gasteiger partial charge is 0.348 e. The van der Waals surface area contributed by atoms with Gasteiger partial charge < -0.3 is 11.1 Å². The van der Waals surface area contributed by atoms with Crippen molar-refractivity contribution in [2.24, 2.45) is 17.6 Å². The highest BCUT2D eigenvalue weighted by Crippen LogP contribution is 2.29. The molecule has 19 heavy (non-hydrogen) atoms. The van der Waals surface area contributed by atoms with Gasteiger partial charge in [0.05, 0.1) is 0 Å². The number of halogens is 1. The van der Waals surface area contributed by atoms with Crippen LogP contribution < -0.4 is 11.1 Å². The Balaban J connectivity index is 0.00000180. The van der Waals surface area contributed by atoms with Gasteiger partial charge in [-0.25, -0.2) is 4.98 Å². The van der Waals surface area contributed by atoms with E-state index in [0.29, 0.717) is 24.1 Å². The molecule has 0 radical (unpaired) electrons. The Morgan fingerprint density at radius 1 is 1.53 bits per heavy atom. The first kappa shape index (κ1) is 16.4. The van der Waals surface area contributed by atoms with Gasteiger partial charge in [0.1, 0.15) is 10.7 Å². The zero-order valence-corrected chi connectivity index (χ0v) is 13.0. The number of rotatable bonds is 3. The number of nitrogens with one attached hydrogen (secondary N) is 1. The molecule has 0 bridgehead atoms. The minimum absolute atomic E-state index is 0. The summed E-state index contributed by atoms with van der Waals surface area (Å²) in [6.45, 7) is 4.88. The number of nitrogens with zero attached hydrogens (tertiary/aromatic N) is 1. The van der Waals surface area contributed by atoms with Crippen molar-refractivity contribution in [3.8, 4) is 0 Å². The molecule has 3 unspecified atom stereocenters. The fourth-order valence-electron chi connectivity index (χ4n) is 2.54. The third kappa shape index (κ3) is 3.91. The Hall–Kier alpha value is -0.650. The molecule has 1 fully saturated rings. The van der Waals surface area contributed by atoms with Gasteiger partial charge in [0.25, 0.3) is 5.91 Å². The maximum atomic E-state index is 12.1. The molecule has 6 heteroatoms. The molecule has 3 N–H and O–H groups in total. The van der Waals surface area contributed by atoms with E-state index in [2.05, 4.69) is 24.1 Å². The van der Waals surface area contributed by atoms with E-state index in [4.69, 9.17) is 5.73 Å². The molecule has 2 rings (SSSR count). The molecule has 1 aromatic heterocycles. The van der Waals surface area contributed by atoms with E-state index < -0.39 is 0 Å². The van der Waals surface area contributed by atoms with Crippen molar-refractivity contribution in [2.75, 3.05) is 0 Å². The first-order chi connectivity index (χ1) is 8.61. The average Bonchev–Trinajstić information content (AvgIpc) is 2.83. The van der Waals surface area contributed by atoms with E-state index in [0.717, 1.165) is 11.4 Å². The zero-order chi connectivity index (χ0) is 13.1. The number of hydrogen-bond donors (Lipinski definition) is 2. The number of hydrogen-bond acceptors (Lipinski definition) is 4. The minimum Gasteiger partial charge on any atom is -0.348 e. The molecule has 1 amide bonds. The van der Waals surface area contributed by atoms with Gasteiger partial charge in [-0.3, -0.25) is 4.79 Å². The summed E-state index contributed by atoms with van der Waals surface area (Å²) in [5.74, 6) is 1.16. The topological polar surface area (TPSA) is 68.0 Å². The lowest BCUT2D eigenvalue weighted by molar-refractivity contribution is 0.0886. The van der Waals surface area contributed by atoms with Crippen LogP contribution in [0.15, 0.2) is 5.38 Å². The molecule has 1 saturated carbocycles. The first-order valence-electron chi connectivity index (χ1n) is 6.57. The van der Waals surface area contributed by atoms with Crippen molar-refractivity contribution in [3.63, 3.8) is 0 Å². The summed E-state index contributed by atoms with van der Waals surface area (Å²) in [5.41, 5.74) is 6.01. The van der Waals surface area contributed by atoms with Crippen LogP contribution in [0, 0.1) is 11.8 Å².